The number of nitrogens with one attached hydrogen (secondary N) is 1. The van der Waals surface area contributed by atoms with Gasteiger partial charge in [-0.1, -0.05) is 11.6 Å². The van der Waals surface area contributed by atoms with Crippen LogP contribution < -0.4 is 14.8 Å². The van der Waals surface area contributed by atoms with Gasteiger partial charge in [0.25, 0.3) is 5.91 Å². The third-order valence-electron chi connectivity index (χ3n) is 4.22. The van der Waals surface area contributed by atoms with Crippen molar-refractivity contribution < 1.29 is 14.3 Å². The summed E-state index contributed by atoms with van der Waals surface area (Å²) in [6.07, 6.45) is -0.162. The molecule has 3 aromatic rings. The van der Waals surface area contributed by atoms with Crippen LogP contribution >= 0.6 is 11.6 Å². The standard InChI is InChI=1S/C21H22ClN3O3/c1-11(2)28-21-19(23-15-8-12(3)13(4)9-16(15)25-21)20(26)24-17-10-14(22)6-7-18(17)27-5/h6-11H,1-5H3,(H,24,26). The summed E-state index contributed by atoms with van der Waals surface area (Å²) in [5.41, 5.74) is 4.02. The fourth-order valence-corrected chi connectivity index (χ4v) is 2.88. The van der Waals surface area contributed by atoms with Crippen molar-refractivity contribution in [1.82, 2.24) is 9.97 Å². The lowest BCUT2D eigenvalue weighted by Gasteiger charge is -2.15. The number of ether oxygens (including phenoxy) is 2. The van der Waals surface area contributed by atoms with Crippen LogP contribution in [-0.2, 0) is 0 Å². The SMILES string of the molecule is COc1ccc(Cl)cc1NC(=O)c1nc2cc(C)c(C)cc2nc1OC(C)C. The average Bonchev–Trinajstić information content (AvgIpc) is 2.62. The van der Waals surface area contributed by atoms with Crippen LogP contribution in [0, 0.1) is 13.8 Å². The number of hydrogen-bond acceptors (Lipinski definition) is 5. The van der Waals surface area contributed by atoms with Gasteiger partial charge in [0, 0.05) is 5.02 Å². The average molecular weight is 400 g/mol. The van der Waals surface area contributed by atoms with E-state index in [1.165, 1.54) is 7.11 Å². The van der Waals surface area contributed by atoms with E-state index in [0.717, 1.165) is 11.1 Å². The van der Waals surface area contributed by atoms with Crippen LogP contribution in [0.5, 0.6) is 11.6 Å². The highest BCUT2D eigenvalue weighted by molar-refractivity contribution is 6.31. The van der Waals surface area contributed by atoms with Crippen LogP contribution in [0.3, 0.4) is 0 Å². The number of aromatic nitrogens is 2. The number of carbonyl (C=O) groups excluding carboxylic acids is 1. The second-order valence-electron chi connectivity index (χ2n) is 6.77. The molecule has 7 heteroatoms. The molecule has 0 atom stereocenters. The summed E-state index contributed by atoms with van der Waals surface area (Å²) in [6, 6.07) is 8.83. The van der Waals surface area contributed by atoms with Crippen LogP contribution in [0.15, 0.2) is 30.3 Å². The summed E-state index contributed by atoms with van der Waals surface area (Å²) in [6.45, 7) is 7.74. The fourth-order valence-electron chi connectivity index (χ4n) is 2.71. The van der Waals surface area contributed by atoms with Gasteiger partial charge in [0.05, 0.1) is 29.9 Å². The lowest BCUT2D eigenvalue weighted by molar-refractivity contribution is 0.101. The highest BCUT2D eigenvalue weighted by atomic mass is 35.5. The van der Waals surface area contributed by atoms with Crippen LogP contribution in [0.25, 0.3) is 11.0 Å². The van der Waals surface area contributed by atoms with Crippen molar-refractivity contribution in [3.8, 4) is 11.6 Å². The van der Waals surface area contributed by atoms with Gasteiger partial charge in [-0.25, -0.2) is 9.97 Å². The Morgan fingerprint density at radius 3 is 2.32 bits per heavy atom. The second-order valence-corrected chi connectivity index (χ2v) is 7.20. The molecular formula is C21H22ClN3O3. The highest BCUT2D eigenvalue weighted by Crippen LogP contribution is 2.29. The quantitative estimate of drug-likeness (QED) is 0.657. The summed E-state index contributed by atoms with van der Waals surface area (Å²) >= 11 is 6.05. The van der Waals surface area contributed by atoms with E-state index in [0.29, 0.717) is 27.5 Å². The van der Waals surface area contributed by atoms with Gasteiger partial charge < -0.3 is 14.8 Å². The van der Waals surface area contributed by atoms with Gasteiger partial charge in [0.15, 0.2) is 5.69 Å². The molecule has 1 heterocycles. The molecule has 1 aromatic heterocycles. The molecule has 0 saturated carbocycles. The maximum Gasteiger partial charge on any atom is 0.280 e. The minimum atomic E-state index is -0.455. The van der Waals surface area contributed by atoms with Crippen molar-refractivity contribution in [1.29, 1.82) is 0 Å². The minimum absolute atomic E-state index is 0.103. The predicted molar refractivity (Wildman–Crippen MR) is 111 cm³/mol. The molecule has 3 rings (SSSR count). The maximum absolute atomic E-state index is 13.0. The fraction of sp³-hybridized carbons (Fsp3) is 0.286. The Hall–Kier alpha value is -2.86. The molecule has 2 aromatic carbocycles. The lowest BCUT2D eigenvalue weighted by Crippen LogP contribution is -2.19. The van der Waals surface area contributed by atoms with Gasteiger partial charge in [0.2, 0.25) is 5.88 Å². The molecule has 0 saturated heterocycles. The number of hydrogen-bond donors (Lipinski definition) is 1. The number of benzene rings is 2. The first-order chi connectivity index (χ1) is 13.3. The molecule has 6 nitrogen and oxygen atoms in total. The van der Waals surface area contributed by atoms with Crippen LogP contribution in [0.4, 0.5) is 5.69 Å². The van der Waals surface area contributed by atoms with Crippen molar-refractivity contribution >= 4 is 34.2 Å². The highest BCUT2D eigenvalue weighted by Gasteiger charge is 2.21. The minimum Gasteiger partial charge on any atom is -0.495 e. The monoisotopic (exact) mass is 399 g/mol. The molecule has 0 radical (unpaired) electrons. The summed E-state index contributed by atoms with van der Waals surface area (Å²) in [7, 11) is 1.52. The second kappa shape index (κ2) is 8.02. The van der Waals surface area contributed by atoms with Crippen molar-refractivity contribution in [2.24, 2.45) is 0 Å². The van der Waals surface area contributed by atoms with Gasteiger partial charge >= 0.3 is 0 Å². The Morgan fingerprint density at radius 1 is 1.07 bits per heavy atom. The number of methoxy groups -OCH3 is 1. The third-order valence-corrected chi connectivity index (χ3v) is 4.45. The normalized spacial score (nSPS) is 11.0. The van der Waals surface area contributed by atoms with E-state index in [2.05, 4.69) is 15.3 Å². The molecular weight excluding hydrogens is 378 g/mol. The van der Waals surface area contributed by atoms with Crippen molar-refractivity contribution in [3.05, 3.63) is 52.2 Å². The number of halogens is 1. The number of carbonyl (C=O) groups is 1. The smallest absolute Gasteiger partial charge is 0.280 e. The van der Waals surface area contributed by atoms with E-state index in [1.54, 1.807) is 18.2 Å². The van der Waals surface area contributed by atoms with Crippen LogP contribution in [-0.4, -0.2) is 29.1 Å². The third kappa shape index (κ3) is 4.17. The summed E-state index contributed by atoms with van der Waals surface area (Å²) in [5.74, 6) is 0.220. The summed E-state index contributed by atoms with van der Waals surface area (Å²) in [5, 5.41) is 3.27. The molecule has 1 N–H and O–H groups in total. The number of amides is 1. The molecule has 28 heavy (non-hydrogen) atoms. The molecule has 0 aliphatic rings. The summed E-state index contributed by atoms with van der Waals surface area (Å²) in [4.78, 5) is 22.1. The Labute approximate surface area is 168 Å². The first-order valence-electron chi connectivity index (χ1n) is 8.89. The number of anilines is 1. The molecule has 0 unspecified atom stereocenters. The van der Waals surface area contributed by atoms with Gasteiger partial charge in [-0.2, -0.15) is 0 Å². The lowest BCUT2D eigenvalue weighted by atomic mass is 10.1. The van der Waals surface area contributed by atoms with E-state index >= 15 is 0 Å². The van der Waals surface area contributed by atoms with Crippen molar-refractivity contribution in [2.75, 3.05) is 12.4 Å². The van der Waals surface area contributed by atoms with Crippen molar-refractivity contribution in [3.63, 3.8) is 0 Å². The first kappa shape index (κ1) is 19.9. The van der Waals surface area contributed by atoms with E-state index in [-0.39, 0.29) is 17.7 Å². The van der Waals surface area contributed by atoms with Crippen LogP contribution in [0.1, 0.15) is 35.5 Å². The zero-order chi connectivity index (χ0) is 20.4. The van der Waals surface area contributed by atoms with Gasteiger partial charge in [-0.3, -0.25) is 4.79 Å². The Bertz CT molecular complexity index is 1050. The number of fused-ring (bicyclic) bond motifs is 1. The van der Waals surface area contributed by atoms with Gasteiger partial charge in [-0.15, -0.1) is 0 Å². The van der Waals surface area contributed by atoms with Gasteiger partial charge in [0.1, 0.15) is 5.75 Å². The maximum atomic E-state index is 13.0. The largest absolute Gasteiger partial charge is 0.495 e. The Kier molecular flexibility index (Phi) is 5.70. The molecule has 1 amide bonds. The van der Waals surface area contributed by atoms with E-state index in [9.17, 15) is 4.79 Å². The number of nitrogens with zero attached hydrogens (tertiary/aromatic N) is 2. The van der Waals surface area contributed by atoms with Crippen molar-refractivity contribution in [2.45, 2.75) is 33.8 Å². The van der Waals surface area contributed by atoms with Crippen LogP contribution in [0.2, 0.25) is 5.02 Å². The molecule has 0 bridgehead atoms. The molecule has 146 valence electrons. The molecule has 0 aliphatic heterocycles. The predicted octanol–water partition coefficient (Wildman–Crippen LogP) is 4.95. The van der Waals surface area contributed by atoms with Gasteiger partial charge in [-0.05, 0) is 69.2 Å². The number of rotatable bonds is 5. The zero-order valence-corrected chi connectivity index (χ0v) is 17.2. The number of aryl methyl sites for hydroxylation is 2. The zero-order valence-electron chi connectivity index (χ0n) is 16.5. The van der Waals surface area contributed by atoms with E-state index < -0.39 is 5.91 Å². The molecule has 0 fully saturated rings. The first-order valence-corrected chi connectivity index (χ1v) is 9.27. The van der Waals surface area contributed by atoms with E-state index in [4.69, 9.17) is 21.1 Å². The topological polar surface area (TPSA) is 73.3 Å². The Balaban J connectivity index is 2.08. The summed E-state index contributed by atoms with van der Waals surface area (Å²) < 4.78 is 11.1. The van der Waals surface area contributed by atoms with E-state index in [1.807, 2.05) is 39.8 Å². The molecule has 0 aliphatic carbocycles. The molecule has 0 spiro atoms. The Morgan fingerprint density at radius 2 is 1.71 bits per heavy atom.